The minimum atomic E-state index is -0.833. The molecule has 1 aromatic heterocycles. The number of benzene rings is 3. The van der Waals surface area contributed by atoms with E-state index in [-0.39, 0.29) is 35.5 Å². The number of thioether (sulfide) groups is 1. The molecule has 1 saturated heterocycles. The Morgan fingerprint density at radius 3 is 2.56 bits per heavy atom. The number of carboxylic acid groups (broad SMARTS) is 1. The summed E-state index contributed by atoms with van der Waals surface area (Å²) < 4.78 is 5.27. The van der Waals surface area contributed by atoms with Gasteiger partial charge in [0, 0.05) is 6.92 Å². The van der Waals surface area contributed by atoms with Crippen LogP contribution in [0.1, 0.15) is 12.5 Å². The SMILES string of the molecule is CC(=O)O.COc1ccc2cc(/C=C3\SC(=Nc4ccc5[n-]ccc5c4)NC3=O)ccc2c1.[Na+]. The summed E-state index contributed by atoms with van der Waals surface area (Å²) in [4.78, 5) is 30.8. The van der Waals surface area contributed by atoms with E-state index < -0.39 is 5.97 Å². The van der Waals surface area contributed by atoms with Gasteiger partial charge in [-0.25, -0.2) is 4.99 Å². The summed E-state index contributed by atoms with van der Waals surface area (Å²) >= 11 is 1.34. The van der Waals surface area contributed by atoms with Gasteiger partial charge in [-0.2, -0.15) is 6.20 Å². The first-order valence-corrected chi connectivity index (χ1v) is 10.8. The molecule has 0 bridgehead atoms. The number of nitrogens with one attached hydrogen (secondary N) is 1. The van der Waals surface area contributed by atoms with Crippen molar-refractivity contribution in [1.82, 2.24) is 10.3 Å². The largest absolute Gasteiger partial charge is 1.00 e. The predicted molar refractivity (Wildman–Crippen MR) is 132 cm³/mol. The molecule has 0 saturated carbocycles. The maximum Gasteiger partial charge on any atom is 1.00 e. The molecule has 0 aliphatic carbocycles. The van der Waals surface area contributed by atoms with Crippen molar-refractivity contribution in [2.45, 2.75) is 6.92 Å². The third kappa shape index (κ3) is 6.30. The standard InChI is InChI=1S/C23H16N3O2S.C2H4O2.Na/c1-28-19-6-4-15-10-14(2-3-16(15)13-19)11-21-22(27)26-23(29-21)25-18-5-7-20-17(12-18)8-9-24-20;1-2(3)4;/h2-13H,1H3,(H,25,26,27);1H3,(H,3,4);/q-1;;+1/b21-11-;;. The number of rotatable bonds is 3. The van der Waals surface area contributed by atoms with Gasteiger partial charge in [-0.05, 0) is 69.9 Å². The monoisotopic (exact) mass is 481 g/mol. The summed E-state index contributed by atoms with van der Waals surface area (Å²) in [6, 6.07) is 19.7. The molecule has 7 nitrogen and oxygen atoms in total. The number of amides is 1. The summed E-state index contributed by atoms with van der Waals surface area (Å²) in [5.41, 5.74) is 2.69. The number of carboxylic acids is 1. The molecule has 0 unspecified atom stereocenters. The van der Waals surface area contributed by atoms with Gasteiger partial charge >= 0.3 is 29.6 Å². The van der Waals surface area contributed by atoms with Crippen LogP contribution >= 0.6 is 11.8 Å². The van der Waals surface area contributed by atoms with E-state index in [2.05, 4.69) is 21.4 Å². The summed E-state index contributed by atoms with van der Waals surface area (Å²) in [5.74, 6) is -0.148. The zero-order valence-electron chi connectivity index (χ0n) is 18.9. The van der Waals surface area contributed by atoms with Crippen molar-refractivity contribution >= 4 is 62.2 Å². The molecule has 9 heteroatoms. The second-order valence-corrected chi connectivity index (χ2v) is 8.19. The van der Waals surface area contributed by atoms with Crippen LogP contribution in [0.15, 0.2) is 76.8 Å². The van der Waals surface area contributed by atoms with Crippen molar-refractivity contribution < 1.29 is 49.0 Å². The topological polar surface area (TPSA) is 102 Å². The molecule has 3 aromatic carbocycles. The molecule has 1 aliphatic rings. The Labute approximate surface area is 222 Å². The smallest absolute Gasteiger partial charge is 0.664 e. The van der Waals surface area contributed by atoms with Gasteiger partial charge in [-0.3, -0.25) is 9.59 Å². The summed E-state index contributed by atoms with van der Waals surface area (Å²) in [6.45, 7) is 1.08. The van der Waals surface area contributed by atoms with E-state index >= 15 is 0 Å². The average Bonchev–Trinajstić information content (AvgIpc) is 3.38. The van der Waals surface area contributed by atoms with Crippen molar-refractivity contribution in [3.63, 3.8) is 0 Å². The van der Waals surface area contributed by atoms with E-state index in [0.29, 0.717) is 10.1 Å². The van der Waals surface area contributed by atoms with Crippen LogP contribution in [0.25, 0.3) is 27.8 Å². The number of ether oxygens (including phenoxy) is 1. The summed E-state index contributed by atoms with van der Waals surface area (Å²) in [5, 5.41) is 14.0. The Balaban J connectivity index is 0.000000603. The number of aromatic nitrogens is 1. The van der Waals surface area contributed by atoms with E-state index in [9.17, 15) is 4.79 Å². The van der Waals surface area contributed by atoms with Crippen LogP contribution < -0.4 is 44.6 Å². The summed E-state index contributed by atoms with van der Waals surface area (Å²) in [6.07, 6.45) is 3.66. The molecule has 1 fully saturated rings. The molecule has 0 spiro atoms. The Hall–Kier alpha value is -3.04. The third-order valence-electron chi connectivity index (χ3n) is 4.73. The zero-order valence-corrected chi connectivity index (χ0v) is 21.7. The number of nitrogens with zero attached hydrogens (tertiary/aromatic N) is 2. The number of amidine groups is 1. The molecular weight excluding hydrogens is 461 g/mol. The van der Waals surface area contributed by atoms with Gasteiger partial charge < -0.3 is 20.1 Å². The van der Waals surface area contributed by atoms with Crippen LogP contribution in [0, 0.1) is 0 Å². The Morgan fingerprint density at radius 1 is 1.06 bits per heavy atom. The van der Waals surface area contributed by atoms with Gasteiger partial charge in [0.1, 0.15) is 5.75 Å². The fourth-order valence-corrected chi connectivity index (χ4v) is 4.11. The van der Waals surface area contributed by atoms with Crippen LogP contribution in [0.2, 0.25) is 0 Å². The van der Waals surface area contributed by atoms with Crippen molar-refractivity contribution in [2.24, 2.45) is 4.99 Å². The number of carbonyl (C=O) groups is 2. The van der Waals surface area contributed by atoms with Crippen LogP contribution in [-0.2, 0) is 9.59 Å². The fourth-order valence-electron chi connectivity index (χ4n) is 3.27. The van der Waals surface area contributed by atoms with Crippen LogP contribution in [0.4, 0.5) is 5.69 Å². The molecule has 0 radical (unpaired) electrons. The van der Waals surface area contributed by atoms with E-state index in [4.69, 9.17) is 14.6 Å². The molecule has 5 rings (SSSR count). The van der Waals surface area contributed by atoms with Gasteiger partial charge in [-0.15, -0.1) is 5.52 Å². The first kappa shape index (κ1) is 25.6. The number of aliphatic imine (C=N–C) groups is 1. The average molecular weight is 482 g/mol. The van der Waals surface area contributed by atoms with Gasteiger partial charge in [-0.1, -0.05) is 30.3 Å². The van der Waals surface area contributed by atoms with E-state index in [1.54, 1.807) is 13.3 Å². The molecule has 1 aliphatic heterocycles. The second kappa shape index (κ2) is 11.4. The van der Waals surface area contributed by atoms with Crippen molar-refractivity contribution in [3.8, 4) is 5.75 Å². The molecule has 166 valence electrons. The van der Waals surface area contributed by atoms with E-state index in [0.717, 1.165) is 45.6 Å². The maximum atomic E-state index is 12.4. The Morgan fingerprint density at radius 2 is 1.79 bits per heavy atom. The fraction of sp³-hybridized carbons (Fsp3) is 0.0800. The first-order valence-electron chi connectivity index (χ1n) is 9.99. The summed E-state index contributed by atoms with van der Waals surface area (Å²) in [7, 11) is 1.66. The Bertz CT molecular complexity index is 1420. The third-order valence-corrected chi connectivity index (χ3v) is 5.64. The molecule has 4 aromatic rings. The Kier molecular flexibility index (Phi) is 8.57. The number of carbonyl (C=O) groups excluding carboxylic acids is 1. The minimum absolute atomic E-state index is 0. The first-order chi connectivity index (χ1) is 15.9. The van der Waals surface area contributed by atoms with Crippen molar-refractivity contribution in [2.75, 3.05) is 7.11 Å². The van der Waals surface area contributed by atoms with Gasteiger partial charge in [0.25, 0.3) is 11.9 Å². The van der Waals surface area contributed by atoms with Crippen LogP contribution in [-0.4, -0.2) is 29.3 Å². The zero-order chi connectivity index (χ0) is 23.4. The molecule has 1 amide bonds. The molecule has 2 N–H and O–H groups in total. The minimum Gasteiger partial charge on any atom is -0.664 e. The van der Waals surface area contributed by atoms with Gasteiger partial charge in [0.05, 0.1) is 17.7 Å². The van der Waals surface area contributed by atoms with Crippen LogP contribution in [0.5, 0.6) is 5.75 Å². The predicted octanol–water partition coefficient (Wildman–Crippen LogP) is 1.95. The molecular formula is C25H20N3NaO4S. The molecule has 0 atom stereocenters. The molecule has 2 heterocycles. The number of hydrogen-bond acceptors (Lipinski definition) is 5. The number of aliphatic carboxylic acids is 1. The number of hydrogen-bond donors (Lipinski definition) is 2. The number of methoxy groups -OCH3 is 1. The van der Waals surface area contributed by atoms with Crippen molar-refractivity contribution in [1.29, 1.82) is 0 Å². The van der Waals surface area contributed by atoms with Crippen molar-refractivity contribution in [3.05, 3.63) is 77.3 Å². The van der Waals surface area contributed by atoms with Gasteiger partial charge in [0.2, 0.25) is 0 Å². The maximum absolute atomic E-state index is 12.4. The van der Waals surface area contributed by atoms with E-state index in [1.807, 2.05) is 60.7 Å². The van der Waals surface area contributed by atoms with Crippen LogP contribution in [0.3, 0.4) is 0 Å². The number of fused-ring (bicyclic) bond motifs is 2. The second-order valence-electron chi connectivity index (χ2n) is 7.16. The quantitative estimate of drug-likeness (QED) is 0.343. The van der Waals surface area contributed by atoms with E-state index in [1.165, 1.54) is 11.8 Å². The molecule has 34 heavy (non-hydrogen) atoms. The van der Waals surface area contributed by atoms with Gasteiger partial charge in [0.15, 0.2) is 5.17 Å². The normalized spacial score (nSPS) is 15.1.